The molecule has 90 valence electrons. The van der Waals surface area contributed by atoms with Gasteiger partial charge in [0, 0.05) is 5.92 Å². The van der Waals surface area contributed by atoms with Crippen LogP contribution in [0.3, 0.4) is 0 Å². The van der Waals surface area contributed by atoms with Crippen molar-refractivity contribution in [1.82, 2.24) is 14.8 Å². The summed E-state index contributed by atoms with van der Waals surface area (Å²) in [7, 11) is 0. The molecule has 2 aromatic rings. The molecule has 0 spiro atoms. The quantitative estimate of drug-likeness (QED) is 0.833. The summed E-state index contributed by atoms with van der Waals surface area (Å²) in [5.74, 6) is 0.391. The van der Waals surface area contributed by atoms with Gasteiger partial charge in [-0.15, -0.1) is 10.2 Å². The lowest BCUT2D eigenvalue weighted by molar-refractivity contribution is 0.627. The van der Waals surface area contributed by atoms with E-state index in [2.05, 4.69) is 10.2 Å². The highest BCUT2D eigenvalue weighted by Gasteiger charge is 2.15. The minimum absolute atomic E-state index is 0.0435. The van der Waals surface area contributed by atoms with E-state index >= 15 is 0 Å². The van der Waals surface area contributed by atoms with E-state index in [-0.39, 0.29) is 16.2 Å². The molecule has 17 heavy (non-hydrogen) atoms. The molecule has 0 radical (unpaired) electrons. The average Bonchev–Trinajstić information content (AvgIpc) is 2.64. The Bertz CT molecular complexity index is 552. The summed E-state index contributed by atoms with van der Waals surface area (Å²) in [6.07, 6.45) is 0. The standard InChI is InChI=1S/C11H10Cl2FN3/c1-6(2)10-15-16-11(13)17(10)7-3-4-9(14)8(12)5-7/h3-6H,1-2H3. The summed E-state index contributed by atoms with van der Waals surface area (Å²) in [5.41, 5.74) is 0.648. The van der Waals surface area contributed by atoms with Crippen LogP contribution >= 0.6 is 23.2 Å². The molecule has 1 heterocycles. The molecule has 0 saturated carbocycles. The number of benzene rings is 1. The van der Waals surface area contributed by atoms with E-state index in [1.807, 2.05) is 13.8 Å². The van der Waals surface area contributed by atoms with Gasteiger partial charge in [-0.25, -0.2) is 4.39 Å². The topological polar surface area (TPSA) is 30.7 Å². The maximum absolute atomic E-state index is 13.1. The third-order valence-electron chi connectivity index (χ3n) is 2.33. The third-order valence-corrected chi connectivity index (χ3v) is 2.86. The minimum atomic E-state index is -0.467. The molecular weight excluding hydrogens is 264 g/mol. The summed E-state index contributed by atoms with van der Waals surface area (Å²) in [4.78, 5) is 0. The molecule has 0 atom stereocenters. The van der Waals surface area contributed by atoms with Crippen LogP contribution < -0.4 is 0 Å². The second-order valence-corrected chi connectivity index (χ2v) is 4.66. The molecular formula is C11H10Cl2FN3. The zero-order chi connectivity index (χ0) is 12.6. The number of halogens is 3. The highest BCUT2D eigenvalue weighted by molar-refractivity contribution is 6.31. The van der Waals surface area contributed by atoms with E-state index in [1.54, 1.807) is 10.6 Å². The van der Waals surface area contributed by atoms with Crippen molar-refractivity contribution in [2.45, 2.75) is 19.8 Å². The van der Waals surface area contributed by atoms with Crippen LogP contribution in [0.2, 0.25) is 10.3 Å². The van der Waals surface area contributed by atoms with Crippen molar-refractivity contribution in [3.05, 3.63) is 40.1 Å². The molecule has 3 nitrogen and oxygen atoms in total. The fourth-order valence-corrected chi connectivity index (χ4v) is 1.91. The van der Waals surface area contributed by atoms with Crippen LogP contribution in [0.1, 0.15) is 25.6 Å². The van der Waals surface area contributed by atoms with Crippen LogP contribution in [-0.2, 0) is 0 Å². The Morgan fingerprint density at radius 3 is 2.53 bits per heavy atom. The first kappa shape index (κ1) is 12.3. The first-order chi connectivity index (χ1) is 8.00. The molecule has 0 saturated heterocycles. The predicted molar refractivity (Wildman–Crippen MR) is 65.4 cm³/mol. The third kappa shape index (κ3) is 2.28. The Labute approximate surface area is 108 Å². The molecule has 2 rings (SSSR count). The van der Waals surface area contributed by atoms with Crippen molar-refractivity contribution in [2.24, 2.45) is 0 Å². The maximum Gasteiger partial charge on any atom is 0.229 e. The van der Waals surface area contributed by atoms with Crippen molar-refractivity contribution in [3.8, 4) is 5.69 Å². The number of aromatic nitrogens is 3. The summed E-state index contributed by atoms with van der Waals surface area (Å²) < 4.78 is 14.7. The molecule has 6 heteroatoms. The Morgan fingerprint density at radius 1 is 1.24 bits per heavy atom. The maximum atomic E-state index is 13.1. The lowest BCUT2D eigenvalue weighted by atomic mass is 10.2. The molecule has 0 aliphatic heterocycles. The summed E-state index contributed by atoms with van der Waals surface area (Å²) in [6, 6.07) is 4.37. The van der Waals surface area contributed by atoms with E-state index in [9.17, 15) is 4.39 Å². The smallest absolute Gasteiger partial charge is 0.229 e. The Kier molecular flexibility index (Phi) is 3.35. The van der Waals surface area contributed by atoms with Gasteiger partial charge >= 0.3 is 0 Å². The summed E-state index contributed by atoms with van der Waals surface area (Å²) in [5, 5.41) is 8.07. The minimum Gasteiger partial charge on any atom is -0.269 e. The Hall–Kier alpha value is -1.13. The molecule has 0 amide bonds. The first-order valence-corrected chi connectivity index (χ1v) is 5.82. The van der Waals surface area contributed by atoms with Gasteiger partial charge < -0.3 is 0 Å². The summed E-state index contributed by atoms with van der Waals surface area (Å²) in [6.45, 7) is 3.95. The van der Waals surface area contributed by atoms with Gasteiger partial charge in [-0.3, -0.25) is 4.57 Å². The Morgan fingerprint density at radius 2 is 1.94 bits per heavy atom. The van der Waals surface area contributed by atoms with Gasteiger partial charge in [0.15, 0.2) is 0 Å². The van der Waals surface area contributed by atoms with E-state index in [0.717, 1.165) is 0 Å². The zero-order valence-corrected chi connectivity index (χ0v) is 10.8. The van der Waals surface area contributed by atoms with Gasteiger partial charge in [-0.1, -0.05) is 25.4 Å². The molecule has 1 aromatic carbocycles. The fraction of sp³-hybridized carbons (Fsp3) is 0.273. The number of rotatable bonds is 2. The van der Waals surface area contributed by atoms with E-state index in [1.165, 1.54) is 12.1 Å². The average molecular weight is 274 g/mol. The lowest BCUT2D eigenvalue weighted by Crippen LogP contribution is -2.03. The predicted octanol–water partition coefficient (Wildman–Crippen LogP) is 3.84. The molecule has 0 bridgehead atoms. The lowest BCUT2D eigenvalue weighted by Gasteiger charge is -2.10. The van der Waals surface area contributed by atoms with Gasteiger partial charge in [0.25, 0.3) is 0 Å². The number of nitrogens with zero attached hydrogens (tertiary/aromatic N) is 3. The molecule has 0 aliphatic rings. The molecule has 0 N–H and O–H groups in total. The van der Waals surface area contributed by atoms with Gasteiger partial charge in [-0.2, -0.15) is 0 Å². The van der Waals surface area contributed by atoms with Crippen LogP contribution in [0, 0.1) is 5.82 Å². The monoisotopic (exact) mass is 273 g/mol. The first-order valence-electron chi connectivity index (χ1n) is 5.07. The number of hydrogen-bond donors (Lipinski definition) is 0. The SMILES string of the molecule is CC(C)c1nnc(Cl)n1-c1ccc(F)c(Cl)c1. The largest absolute Gasteiger partial charge is 0.269 e. The highest BCUT2D eigenvalue weighted by Crippen LogP contribution is 2.25. The molecule has 0 aliphatic carbocycles. The van der Waals surface area contributed by atoms with Crippen LogP contribution in [0.5, 0.6) is 0 Å². The van der Waals surface area contributed by atoms with Crippen molar-refractivity contribution in [1.29, 1.82) is 0 Å². The molecule has 0 fully saturated rings. The second-order valence-electron chi connectivity index (χ2n) is 3.92. The molecule has 1 aromatic heterocycles. The van der Waals surface area contributed by atoms with Gasteiger partial charge in [0.1, 0.15) is 11.6 Å². The van der Waals surface area contributed by atoms with Crippen LogP contribution in [0.25, 0.3) is 5.69 Å². The van der Waals surface area contributed by atoms with Crippen molar-refractivity contribution >= 4 is 23.2 Å². The zero-order valence-electron chi connectivity index (χ0n) is 9.28. The van der Waals surface area contributed by atoms with Crippen LogP contribution in [0.15, 0.2) is 18.2 Å². The normalized spacial score (nSPS) is 11.2. The van der Waals surface area contributed by atoms with Crippen LogP contribution in [0.4, 0.5) is 4.39 Å². The van der Waals surface area contributed by atoms with Crippen molar-refractivity contribution in [3.63, 3.8) is 0 Å². The van der Waals surface area contributed by atoms with E-state index in [0.29, 0.717) is 11.5 Å². The summed E-state index contributed by atoms with van der Waals surface area (Å²) >= 11 is 11.7. The van der Waals surface area contributed by atoms with Crippen molar-refractivity contribution in [2.75, 3.05) is 0 Å². The highest BCUT2D eigenvalue weighted by atomic mass is 35.5. The fourth-order valence-electron chi connectivity index (χ4n) is 1.51. The van der Waals surface area contributed by atoms with Crippen LogP contribution in [-0.4, -0.2) is 14.8 Å². The van der Waals surface area contributed by atoms with Crippen molar-refractivity contribution < 1.29 is 4.39 Å². The number of hydrogen-bond acceptors (Lipinski definition) is 2. The van der Waals surface area contributed by atoms with E-state index in [4.69, 9.17) is 23.2 Å². The van der Waals surface area contributed by atoms with Gasteiger partial charge in [-0.05, 0) is 29.8 Å². The van der Waals surface area contributed by atoms with Gasteiger partial charge in [0.05, 0.1) is 10.7 Å². The van der Waals surface area contributed by atoms with Gasteiger partial charge in [0.2, 0.25) is 5.28 Å². The molecule has 0 unspecified atom stereocenters. The van der Waals surface area contributed by atoms with E-state index < -0.39 is 5.82 Å². The Balaban J connectivity index is 2.59. The second kappa shape index (κ2) is 4.63.